The van der Waals surface area contributed by atoms with E-state index in [2.05, 4.69) is 36.6 Å². The van der Waals surface area contributed by atoms with E-state index in [1.807, 2.05) is 30.5 Å². The Morgan fingerprint density at radius 1 is 1.14 bits per heavy atom. The Kier molecular flexibility index (Phi) is 3.72. The second kappa shape index (κ2) is 5.68. The van der Waals surface area contributed by atoms with Gasteiger partial charge >= 0.3 is 5.97 Å². The molecular formula is C19H19NO2. The molecule has 0 fully saturated rings. The van der Waals surface area contributed by atoms with E-state index in [0.717, 1.165) is 17.4 Å². The van der Waals surface area contributed by atoms with E-state index in [9.17, 15) is 4.79 Å². The van der Waals surface area contributed by atoms with Crippen molar-refractivity contribution in [3.8, 4) is 5.75 Å². The quantitative estimate of drug-likeness (QED) is 0.677. The first-order chi connectivity index (χ1) is 10.5. The fourth-order valence-electron chi connectivity index (χ4n) is 2.73. The van der Waals surface area contributed by atoms with Crippen LogP contribution in [0.2, 0.25) is 0 Å². The van der Waals surface area contributed by atoms with E-state index in [0.29, 0.717) is 5.75 Å². The Hall–Kier alpha value is -2.55. The maximum absolute atomic E-state index is 11.3. The molecule has 0 saturated heterocycles. The molecule has 0 spiro atoms. The molecule has 0 bridgehead atoms. The summed E-state index contributed by atoms with van der Waals surface area (Å²) in [6, 6.07) is 14.5. The van der Waals surface area contributed by atoms with E-state index in [4.69, 9.17) is 4.74 Å². The Bertz CT molecular complexity index is 846. The monoisotopic (exact) mass is 293 g/mol. The third-order valence-electron chi connectivity index (χ3n) is 3.85. The molecule has 3 nitrogen and oxygen atoms in total. The Balaban J connectivity index is 2.07. The van der Waals surface area contributed by atoms with E-state index in [1.165, 1.54) is 23.6 Å². The zero-order valence-electron chi connectivity index (χ0n) is 13.1. The molecule has 0 radical (unpaired) electrons. The summed E-state index contributed by atoms with van der Waals surface area (Å²) < 4.78 is 7.47. The summed E-state index contributed by atoms with van der Waals surface area (Å²) in [7, 11) is 0. The predicted molar refractivity (Wildman–Crippen MR) is 88.3 cm³/mol. The molecule has 2 aromatic carbocycles. The number of esters is 1. The molecule has 1 heterocycles. The Morgan fingerprint density at radius 2 is 1.91 bits per heavy atom. The van der Waals surface area contributed by atoms with E-state index >= 15 is 0 Å². The van der Waals surface area contributed by atoms with Crippen molar-refractivity contribution in [2.75, 3.05) is 0 Å². The van der Waals surface area contributed by atoms with Gasteiger partial charge in [-0.3, -0.25) is 4.79 Å². The van der Waals surface area contributed by atoms with Gasteiger partial charge in [0, 0.05) is 25.1 Å². The molecule has 0 aliphatic carbocycles. The first kappa shape index (κ1) is 14.4. The largest absolute Gasteiger partial charge is 0.424 e. The van der Waals surface area contributed by atoms with Crippen molar-refractivity contribution in [2.45, 2.75) is 27.3 Å². The highest BCUT2D eigenvalue weighted by Crippen LogP contribution is 2.29. The van der Waals surface area contributed by atoms with Crippen LogP contribution < -0.4 is 4.74 Å². The Morgan fingerprint density at radius 3 is 2.68 bits per heavy atom. The smallest absolute Gasteiger partial charge is 0.308 e. The molecule has 0 N–H and O–H groups in total. The molecular weight excluding hydrogens is 274 g/mol. The first-order valence-corrected chi connectivity index (χ1v) is 7.37. The molecule has 0 saturated carbocycles. The van der Waals surface area contributed by atoms with Gasteiger partial charge in [-0.05, 0) is 37.1 Å². The fourth-order valence-corrected chi connectivity index (χ4v) is 2.73. The number of aryl methyl sites for hydroxylation is 2. The highest BCUT2D eigenvalue weighted by Gasteiger charge is 2.11. The molecule has 22 heavy (non-hydrogen) atoms. The van der Waals surface area contributed by atoms with E-state index in [-0.39, 0.29) is 5.97 Å². The fraction of sp³-hybridized carbons (Fsp3) is 0.211. The first-order valence-electron chi connectivity index (χ1n) is 7.37. The lowest BCUT2D eigenvalue weighted by molar-refractivity contribution is -0.131. The van der Waals surface area contributed by atoms with Crippen molar-refractivity contribution < 1.29 is 9.53 Å². The Labute approximate surface area is 130 Å². The number of hydrogen-bond donors (Lipinski definition) is 0. The van der Waals surface area contributed by atoms with Gasteiger partial charge in [0.05, 0.1) is 5.52 Å². The standard InChI is InChI=1S/C19H19NO2/c1-13-8-9-14(2)16(10-13)11-20-12-19(22-15(3)21)17-6-4-5-7-18(17)20/h4-10,12H,11H2,1-3H3. The normalized spacial score (nSPS) is 10.9. The number of ether oxygens (including phenoxy) is 1. The zero-order valence-corrected chi connectivity index (χ0v) is 13.1. The minimum atomic E-state index is -0.297. The van der Waals surface area contributed by atoms with Crippen LogP contribution in [-0.2, 0) is 11.3 Å². The molecule has 1 aromatic heterocycles. The van der Waals surface area contributed by atoms with Crippen molar-refractivity contribution >= 4 is 16.9 Å². The predicted octanol–water partition coefficient (Wildman–Crippen LogP) is 4.23. The van der Waals surface area contributed by atoms with Gasteiger partial charge in [0.25, 0.3) is 0 Å². The molecule has 112 valence electrons. The van der Waals surface area contributed by atoms with Crippen LogP contribution in [0, 0.1) is 13.8 Å². The van der Waals surface area contributed by atoms with E-state index in [1.54, 1.807) is 0 Å². The van der Waals surface area contributed by atoms with Crippen LogP contribution in [0.4, 0.5) is 0 Å². The van der Waals surface area contributed by atoms with Crippen LogP contribution >= 0.6 is 0 Å². The third-order valence-corrected chi connectivity index (χ3v) is 3.85. The lowest BCUT2D eigenvalue weighted by atomic mass is 10.1. The third kappa shape index (κ3) is 2.75. The van der Waals surface area contributed by atoms with Crippen LogP contribution in [0.5, 0.6) is 5.75 Å². The average molecular weight is 293 g/mol. The highest BCUT2D eigenvalue weighted by atomic mass is 16.5. The number of fused-ring (bicyclic) bond motifs is 1. The van der Waals surface area contributed by atoms with Gasteiger partial charge in [0.15, 0.2) is 5.75 Å². The maximum Gasteiger partial charge on any atom is 0.308 e. The van der Waals surface area contributed by atoms with Crippen LogP contribution in [0.1, 0.15) is 23.6 Å². The van der Waals surface area contributed by atoms with Gasteiger partial charge in [0.1, 0.15) is 0 Å². The van der Waals surface area contributed by atoms with Crippen molar-refractivity contribution in [2.24, 2.45) is 0 Å². The van der Waals surface area contributed by atoms with Gasteiger partial charge in [0.2, 0.25) is 0 Å². The van der Waals surface area contributed by atoms with Crippen molar-refractivity contribution in [1.29, 1.82) is 0 Å². The summed E-state index contributed by atoms with van der Waals surface area (Å²) in [6.07, 6.45) is 1.91. The number of carbonyl (C=O) groups excluding carboxylic acids is 1. The molecule has 3 heteroatoms. The van der Waals surface area contributed by atoms with Gasteiger partial charge in [-0.1, -0.05) is 35.9 Å². The zero-order chi connectivity index (χ0) is 15.7. The summed E-state index contributed by atoms with van der Waals surface area (Å²) >= 11 is 0. The number of para-hydroxylation sites is 1. The molecule has 0 aliphatic heterocycles. The van der Waals surface area contributed by atoms with Crippen molar-refractivity contribution in [3.63, 3.8) is 0 Å². The van der Waals surface area contributed by atoms with Crippen LogP contribution in [0.25, 0.3) is 10.9 Å². The average Bonchev–Trinajstić information content (AvgIpc) is 2.81. The molecule has 0 unspecified atom stereocenters. The van der Waals surface area contributed by atoms with E-state index < -0.39 is 0 Å². The summed E-state index contributed by atoms with van der Waals surface area (Å²) in [5.41, 5.74) is 4.85. The molecule has 0 amide bonds. The van der Waals surface area contributed by atoms with Crippen LogP contribution in [0.3, 0.4) is 0 Å². The van der Waals surface area contributed by atoms with Gasteiger partial charge in [-0.15, -0.1) is 0 Å². The van der Waals surface area contributed by atoms with Gasteiger partial charge in [-0.25, -0.2) is 0 Å². The number of carbonyl (C=O) groups is 1. The number of hydrogen-bond acceptors (Lipinski definition) is 2. The second-order valence-corrected chi connectivity index (χ2v) is 5.66. The topological polar surface area (TPSA) is 31.2 Å². The summed E-state index contributed by atoms with van der Waals surface area (Å²) in [5.74, 6) is 0.322. The lowest BCUT2D eigenvalue weighted by Crippen LogP contribution is -2.02. The summed E-state index contributed by atoms with van der Waals surface area (Å²) in [6.45, 7) is 6.40. The molecule has 3 rings (SSSR count). The van der Waals surface area contributed by atoms with Crippen molar-refractivity contribution in [3.05, 3.63) is 65.4 Å². The molecule has 0 atom stereocenters. The number of rotatable bonds is 3. The SMILES string of the molecule is CC(=O)Oc1cn(Cc2cc(C)ccc2C)c2ccccc12. The summed E-state index contributed by atoms with van der Waals surface area (Å²) in [4.78, 5) is 11.3. The maximum atomic E-state index is 11.3. The minimum absolute atomic E-state index is 0.297. The minimum Gasteiger partial charge on any atom is -0.424 e. The molecule has 0 aliphatic rings. The van der Waals surface area contributed by atoms with Crippen molar-refractivity contribution in [1.82, 2.24) is 4.57 Å². The van der Waals surface area contributed by atoms with Crippen LogP contribution in [-0.4, -0.2) is 10.5 Å². The molecule has 3 aromatic rings. The van der Waals surface area contributed by atoms with Gasteiger partial charge in [-0.2, -0.15) is 0 Å². The number of aromatic nitrogens is 1. The lowest BCUT2D eigenvalue weighted by Gasteiger charge is -2.09. The second-order valence-electron chi connectivity index (χ2n) is 5.66. The van der Waals surface area contributed by atoms with Crippen LogP contribution in [0.15, 0.2) is 48.7 Å². The summed E-state index contributed by atoms with van der Waals surface area (Å²) in [5, 5.41) is 0.961. The van der Waals surface area contributed by atoms with Gasteiger partial charge < -0.3 is 9.30 Å². The highest BCUT2D eigenvalue weighted by molar-refractivity contribution is 5.89. The number of nitrogens with zero attached hydrogens (tertiary/aromatic N) is 1. The number of benzene rings is 2.